The molecule has 1 heterocycles. The Kier molecular flexibility index (Phi) is 6.52. The van der Waals surface area contributed by atoms with E-state index in [0.29, 0.717) is 11.4 Å². The number of nitrogens with one attached hydrogen (secondary N) is 1. The third-order valence-electron chi connectivity index (χ3n) is 6.86. The highest BCUT2D eigenvalue weighted by atomic mass is 32.2. The summed E-state index contributed by atoms with van der Waals surface area (Å²) in [5, 5.41) is 3.12. The Morgan fingerprint density at radius 3 is 2.49 bits per heavy atom. The maximum absolute atomic E-state index is 13.5. The van der Waals surface area contributed by atoms with Crippen molar-refractivity contribution >= 4 is 21.6 Å². The lowest BCUT2D eigenvalue weighted by molar-refractivity contribution is -0.128. The molecule has 7 heteroatoms. The predicted octanol–water partition coefficient (Wildman–Crippen LogP) is 4.79. The normalized spacial score (nSPS) is 18.1. The zero-order chi connectivity index (χ0) is 24.4. The molecule has 182 valence electrons. The van der Waals surface area contributed by atoms with Crippen LogP contribution in [0, 0.1) is 0 Å². The minimum absolute atomic E-state index is 0.0965. The highest BCUT2D eigenvalue weighted by Crippen LogP contribution is 2.37. The second kappa shape index (κ2) is 9.74. The minimum atomic E-state index is -3.87. The first-order valence-corrected chi connectivity index (χ1v) is 13.7. The van der Waals surface area contributed by atoms with Crippen LogP contribution in [0.15, 0.2) is 77.7 Å². The quantitative estimate of drug-likeness (QED) is 0.539. The van der Waals surface area contributed by atoms with Crippen molar-refractivity contribution in [3.8, 4) is 5.75 Å². The zero-order valence-corrected chi connectivity index (χ0v) is 20.6. The van der Waals surface area contributed by atoms with Crippen molar-refractivity contribution in [1.29, 1.82) is 0 Å². The number of hydrogen-bond acceptors (Lipinski definition) is 4. The fourth-order valence-electron chi connectivity index (χ4n) is 4.94. The Balaban J connectivity index is 1.40. The van der Waals surface area contributed by atoms with Gasteiger partial charge in [0.1, 0.15) is 5.75 Å². The fraction of sp³-hybridized carbons (Fsp3) is 0.321. The number of anilines is 1. The van der Waals surface area contributed by atoms with Gasteiger partial charge in [-0.1, -0.05) is 55.5 Å². The van der Waals surface area contributed by atoms with Crippen molar-refractivity contribution in [2.24, 2.45) is 0 Å². The summed E-state index contributed by atoms with van der Waals surface area (Å²) in [5.74, 6) is 0.0533. The highest BCUT2D eigenvalue weighted by Gasteiger charge is 2.38. The van der Waals surface area contributed by atoms with Gasteiger partial charge in [-0.05, 0) is 73.1 Å². The van der Waals surface area contributed by atoms with E-state index in [-0.39, 0.29) is 23.4 Å². The molecule has 1 aliphatic carbocycles. The lowest BCUT2D eigenvalue weighted by Crippen LogP contribution is -2.51. The molecule has 0 spiro atoms. The predicted molar refractivity (Wildman–Crippen MR) is 136 cm³/mol. The monoisotopic (exact) mass is 490 g/mol. The molecule has 3 aromatic rings. The van der Waals surface area contributed by atoms with E-state index >= 15 is 0 Å². The Labute approximate surface area is 207 Å². The summed E-state index contributed by atoms with van der Waals surface area (Å²) in [6.07, 6.45) is 4.36. The van der Waals surface area contributed by atoms with E-state index in [0.717, 1.165) is 24.8 Å². The van der Waals surface area contributed by atoms with Gasteiger partial charge in [0.25, 0.3) is 15.9 Å². The first kappa shape index (κ1) is 23.4. The molecular formula is C28H30N2O4S. The number of carbonyl (C=O) groups is 1. The summed E-state index contributed by atoms with van der Waals surface area (Å²) < 4.78 is 34.3. The summed E-state index contributed by atoms with van der Waals surface area (Å²) in [6.45, 7) is 1.94. The number of rotatable bonds is 6. The van der Waals surface area contributed by atoms with Crippen LogP contribution in [0.3, 0.4) is 0 Å². The van der Waals surface area contributed by atoms with Crippen LogP contribution in [0.25, 0.3) is 0 Å². The Hall–Kier alpha value is -3.32. The molecule has 0 bridgehead atoms. The number of aryl methyl sites for hydroxylation is 2. The van der Waals surface area contributed by atoms with Crippen molar-refractivity contribution in [2.45, 2.75) is 56.1 Å². The number of para-hydroxylation sites is 2. The number of hydrogen-bond donors (Lipinski definition) is 1. The number of fused-ring (bicyclic) bond motifs is 2. The van der Waals surface area contributed by atoms with Gasteiger partial charge in [0.15, 0.2) is 6.10 Å². The van der Waals surface area contributed by atoms with E-state index in [1.54, 1.807) is 54.6 Å². The minimum Gasteiger partial charge on any atom is -0.476 e. The number of sulfonamides is 1. The third kappa shape index (κ3) is 4.65. The van der Waals surface area contributed by atoms with Crippen molar-refractivity contribution < 1.29 is 17.9 Å². The molecule has 1 amide bonds. The average molecular weight is 491 g/mol. The van der Waals surface area contributed by atoms with E-state index in [1.165, 1.54) is 28.3 Å². The van der Waals surface area contributed by atoms with Gasteiger partial charge >= 0.3 is 0 Å². The number of ether oxygens (including phenoxy) is 1. The van der Waals surface area contributed by atoms with E-state index in [9.17, 15) is 13.2 Å². The zero-order valence-electron chi connectivity index (χ0n) is 19.8. The van der Waals surface area contributed by atoms with Crippen LogP contribution in [-0.2, 0) is 27.7 Å². The maximum atomic E-state index is 13.5. The van der Waals surface area contributed by atoms with Gasteiger partial charge in [0.2, 0.25) is 0 Å². The van der Waals surface area contributed by atoms with Crippen LogP contribution in [0.2, 0.25) is 0 Å². The summed E-state index contributed by atoms with van der Waals surface area (Å²) in [4.78, 5) is 13.6. The molecule has 3 aromatic carbocycles. The van der Waals surface area contributed by atoms with Gasteiger partial charge in [-0.2, -0.15) is 0 Å². The summed E-state index contributed by atoms with van der Waals surface area (Å²) in [6, 6.07) is 21.5. The Bertz CT molecular complexity index is 1320. The Morgan fingerprint density at radius 2 is 1.71 bits per heavy atom. The molecule has 1 aliphatic heterocycles. The third-order valence-corrected chi connectivity index (χ3v) is 8.65. The molecule has 0 unspecified atom stereocenters. The van der Waals surface area contributed by atoms with E-state index in [1.807, 2.05) is 6.92 Å². The molecule has 5 rings (SSSR count). The molecule has 1 N–H and O–H groups in total. The molecule has 0 radical (unpaired) electrons. The largest absolute Gasteiger partial charge is 0.476 e. The number of carbonyl (C=O) groups excluding carboxylic acids is 1. The second-order valence-electron chi connectivity index (χ2n) is 9.13. The van der Waals surface area contributed by atoms with Crippen LogP contribution in [0.5, 0.6) is 5.75 Å². The Morgan fingerprint density at radius 1 is 1.00 bits per heavy atom. The van der Waals surface area contributed by atoms with Gasteiger partial charge in [-0.3, -0.25) is 9.10 Å². The van der Waals surface area contributed by atoms with Crippen LogP contribution in [0.4, 0.5) is 5.69 Å². The first-order chi connectivity index (χ1) is 17.0. The fourth-order valence-corrected chi connectivity index (χ4v) is 6.44. The molecule has 0 saturated carbocycles. The molecule has 2 atom stereocenters. The van der Waals surface area contributed by atoms with Crippen molar-refractivity contribution in [1.82, 2.24) is 5.32 Å². The molecule has 35 heavy (non-hydrogen) atoms. The summed E-state index contributed by atoms with van der Waals surface area (Å²) >= 11 is 0. The molecule has 0 aromatic heterocycles. The smallest absolute Gasteiger partial charge is 0.264 e. The van der Waals surface area contributed by atoms with Crippen LogP contribution in [-0.4, -0.2) is 27.0 Å². The average Bonchev–Trinajstić information content (AvgIpc) is 2.91. The molecule has 0 fully saturated rings. The van der Waals surface area contributed by atoms with Gasteiger partial charge < -0.3 is 10.1 Å². The molecule has 0 saturated heterocycles. The number of benzene rings is 3. The maximum Gasteiger partial charge on any atom is 0.264 e. The van der Waals surface area contributed by atoms with Crippen molar-refractivity contribution in [3.63, 3.8) is 0 Å². The topological polar surface area (TPSA) is 75.7 Å². The van der Waals surface area contributed by atoms with Crippen molar-refractivity contribution in [3.05, 3.63) is 89.5 Å². The van der Waals surface area contributed by atoms with E-state index in [2.05, 4.69) is 23.5 Å². The van der Waals surface area contributed by atoms with Crippen LogP contribution < -0.4 is 14.4 Å². The van der Waals surface area contributed by atoms with E-state index < -0.39 is 16.1 Å². The number of amides is 1. The van der Waals surface area contributed by atoms with Crippen LogP contribution in [0.1, 0.15) is 48.9 Å². The number of nitrogens with zero attached hydrogens (tertiary/aromatic N) is 1. The standard InChI is InChI=1S/C28H30N2O4S/c1-2-24(22-17-16-20-10-6-7-11-21(20)18-22)29-28(31)27-19-30(25-14-8-9-15-26(25)34-27)35(32,33)23-12-4-3-5-13-23/h3-5,8-9,12-18,24,27H,2,6-7,10-11,19H2,1H3,(H,29,31)/t24-,27+/m1/s1. The lowest BCUT2D eigenvalue weighted by atomic mass is 9.88. The van der Waals surface area contributed by atoms with Gasteiger partial charge in [0.05, 0.1) is 23.2 Å². The molecule has 6 nitrogen and oxygen atoms in total. The van der Waals surface area contributed by atoms with Gasteiger partial charge in [-0.15, -0.1) is 0 Å². The van der Waals surface area contributed by atoms with Gasteiger partial charge in [-0.25, -0.2) is 8.42 Å². The van der Waals surface area contributed by atoms with E-state index in [4.69, 9.17) is 4.74 Å². The molecular weight excluding hydrogens is 460 g/mol. The van der Waals surface area contributed by atoms with Gasteiger partial charge in [0, 0.05) is 0 Å². The SMILES string of the molecule is CC[C@@H](NC(=O)[C@@H]1CN(S(=O)(=O)c2ccccc2)c2ccccc2O1)c1ccc2c(c1)CCCC2. The van der Waals surface area contributed by atoms with Crippen molar-refractivity contribution in [2.75, 3.05) is 10.8 Å². The second-order valence-corrected chi connectivity index (χ2v) is 11.0. The summed E-state index contributed by atoms with van der Waals surface area (Å²) in [7, 11) is -3.87. The van der Waals surface area contributed by atoms with Crippen LogP contribution >= 0.6 is 0 Å². The highest BCUT2D eigenvalue weighted by molar-refractivity contribution is 7.92. The lowest BCUT2D eigenvalue weighted by Gasteiger charge is -2.35. The first-order valence-electron chi connectivity index (χ1n) is 12.2. The molecule has 2 aliphatic rings. The summed E-state index contributed by atoms with van der Waals surface area (Å²) in [5.41, 5.74) is 4.27.